The van der Waals surface area contributed by atoms with Gasteiger partial charge in [-0.1, -0.05) is 219 Å². The molecule has 0 radical (unpaired) electrons. The van der Waals surface area contributed by atoms with Gasteiger partial charge in [0.1, 0.15) is 48.8 Å². The monoisotopic (exact) mass is 974 g/mol. The van der Waals surface area contributed by atoms with Gasteiger partial charge < -0.3 is 65.1 Å². The van der Waals surface area contributed by atoms with Gasteiger partial charge in [-0.2, -0.15) is 0 Å². The van der Waals surface area contributed by atoms with Gasteiger partial charge in [-0.3, -0.25) is 4.79 Å². The number of carbonyl (C=O) groups excluding carboxylic acids is 1. The van der Waals surface area contributed by atoms with Gasteiger partial charge in [0.05, 0.1) is 32.0 Å². The van der Waals surface area contributed by atoms with E-state index in [4.69, 9.17) is 18.9 Å². The van der Waals surface area contributed by atoms with Gasteiger partial charge in [-0.15, -0.1) is 0 Å². The molecule has 2 saturated heterocycles. The molecule has 1 amide bonds. The maximum absolute atomic E-state index is 13.2. The second kappa shape index (κ2) is 41.2. The van der Waals surface area contributed by atoms with Crippen LogP contribution in [0.3, 0.4) is 0 Å². The fourth-order valence-corrected chi connectivity index (χ4v) is 9.41. The molecule has 0 aromatic carbocycles. The third kappa shape index (κ3) is 27.5. The van der Waals surface area contributed by atoms with Gasteiger partial charge in [-0.25, -0.2) is 0 Å². The molecule has 68 heavy (non-hydrogen) atoms. The lowest BCUT2D eigenvalue weighted by atomic mass is 9.97. The number of allylic oxidation sites excluding steroid dienone is 1. The lowest BCUT2D eigenvalue weighted by Crippen LogP contribution is -2.65. The van der Waals surface area contributed by atoms with Crippen molar-refractivity contribution >= 4 is 5.91 Å². The van der Waals surface area contributed by atoms with Crippen molar-refractivity contribution in [3.05, 3.63) is 12.2 Å². The predicted molar refractivity (Wildman–Crippen MR) is 268 cm³/mol. The van der Waals surface area contributed by atoms with Gasteiger partial charge in [-0.05, 0) is 19.3 Å². The SMILES string of the molecule is CCCCCCCCCCCCCC=CC(O)C(COC1OC(CO)C(OC2OC(CO)C(O)C(O)C2O)C(O)C1O)NC(=O)CCCCCCCCCCCCCCCCCCCCCCC. The first-order valence-electron chi connectivity index (χ1n) is 27.9. The van der Waals surface area contributed by atoms with E-state index >= 15 is 0 Å². The molecule has 0 bridgehead atoms. The van der Waals surface area contributed by atoms with E-state index in [-0.39, 0.29) is 18.9 Å². The Morgan fingerprint density at radius 1 is 0.515 bits per heavy atom. The fourth-order valence-electron chi connectivity index (χ4n) is 9.41. The maximum atomic E-state index is 13.2. The molecule has 0 saturated carbocycles. The molecule has 2 aliphatic rings. The Kier molecular flexibility index (Phi) is 38.1. The number of nitrogens with one attached hydrogen (secondary N) is 1. The number of amides is 1. The lowest BCUT2D eigenvalue weighted by molar-refractivity contribution is -0.359. The van der Waals surface area contributed by atoms with E-state index in [2.05, 4.69) is 19.2 Å². The number of hydrogen-bond donors (Lipinski definition) is 9. The highest BCUT2D eigenvalue weighted by atomic mass is 16.7. The number of unbranched alkanes of at least 4 members (excludes halogenated alkanes) is 31. The number of carbonyl (C=O) groups is 1. The Balaban J connectivity index is 1.77. The van der Waals surface area contributed by atoms with Crippen molar-refractivity contribution in [2.24, 2.45) is 0 Å². The van der Waals surface area contributed by atoms with E-state index in [1.54, 1.807) is 6.08 Å². The molecule has 2 fully saturated rings. The largest absolute Gasteiger partial charge is 0.394 e. The van der Waals surface area contributed by atoms with Gasteiger partial charge in [0, 0.05) is 6.42 Å². The second-order valence-corrected chi connectivity index (χ2v) is 20.1. The number of ether oxygens (including phenoxy) is 4. The van der Waals surface area contributed by atoms with Gasteiger partial charge in [0.15, 0.2) is 12.6 Å². The summed E-state index contributed by atoms with van der Waals surface area (Å²) < 4.78 is 22.7. The smallest absolute Gasteiger partial charge is 0.220 e. The quantitative estimate of drug-likeness (QED) is 0.0207. The van der Waals surface area contributed by atoms with Crippen LogP contribution in [0.15, 0.2) is 12.2 Å². The van der Waals surface area contributed by atoms with Crippen molar-refractivity contribution in [3.63, 3.8) is 0 Å². The molecular weight excluding hydrogens is 871 g/mol. The molecule has 14 heteroatoms. The van der Waals surface area contributed by atoms with Crippen LogP contribution < -0.4 is 5.32 Å². The van der Waals surface area contributed by atoms with Gasteiger partial charge in [0.25, 0.3) is 0 Å². The summed E-state index contributed by atoms with van der Waals surface area (Å²) in [5, 5.41) is 86.9. The van der Waals surface area contributed by atoms with Crippen LogP contribution in [0.1, 0.15) is 232 Å². The molecule has 0 aromatic heterocycles. The summed E-state index contributed by atoms with van der Waals surface area (Å²) in [5.41, 5.74) is 0. The summed E-state index contributed by atoms with van der Waals surface area (Å²) in [6.45, 7) is 2.81. The zero-order chi connectivity index (χ0) is 49.6. The summed E-state index contributed by atoms with van der Waals surface area (Å²) >= 11 is 0. The third-order valence-corrected chi connectivity index (χ3v) is 14.0. The van der Waals surface area contributed by atoms with Gasteiger partial charge >= 0.3 is 0 Å². The van der Waals surface area contributed by atoms with E-state index in [9.17, 15) is 45.6 Å². The number of rotatable bonds is 44. The lowest BCUT2D eigenvalue weighted by Gasteiger charge is -2.46. The number of hydrogen-bond acceptors (Lipinski definition) is 13. The molecular formula is C54H103NO13. The molecule has 12 unspecified atom stereocenters. The van der Waals surface area contributed by atoms with Crippen molar-refractivity contribution < 1.29 is 64.6 Å². The van der Waals surface area contributed by atoms with Gasteiger partial charge in [0.2, 0.25) is 5.91 Å². The van der Waals surface area contributed by atoms with E-state index in [1.165, 1.54) is 167 Å². The molecule has 0 spiro atoms. The number of aliphatic hydroxyl groups excluding tert-OH is 8. The minimum Gasteiger partial charge on any atom is -0.394 e. The predicted octanol–water partition coefficient (Wildman–Crippen LogP) is 8.33. The normalized spacial score (nSPS) is 26.4. The fraction of sp³-hybridized carbons (Fsp3) is 0.944. The Bertz CT molecular complexity index is 1200. The van der Waals surface area contributed by atoms with Crippen LogP contribution in [0.4, 0.5) is 0 Å². The minimum atomic E-state index is -1.78. The van der Waals surface area contributed by atoms with Crippen molar-refractivity contribution in [3.8, 4) is 0 Å². The summed E-state index contributed by atoms with van der Waals surface area (Å²) in [6, 6.07) is -0.908. The Morgan fingerprint density at radius 3 is 1.35 bits per heavy atom. The molecule has 0 aromatic rings. The molecule has 9 N–H and O–H groups in total. The first kappa shape index (κ1) is 62.8. The Morgan fingerprint density at radius 2 is 0.912 bits per heavy atom. The molecule has 0 aliphatic carbocycles. The molecule has 12 atom stereocenters. The molecule has 14 nitrogen and oxygen atoms in total. The van der Waals surface area contributed by atoms with Crippen molar-refractivity contribution in [2.45, 2.75) is 306 Å². The van der Waals surface area contributed by atoms with Crippen LogP contribution >= 0.6 is 0 Å². The van der Waals surface area contributed by atoms with Crippen molar-refractivity contribution in [1.29, 1.82) is 0 Å². The van der Waals surface area contributed by atoms with Crippen LogP contribution in [0.5, 0.6) is 0 Å². The standard InChI is InChI=1S/C54H103NO13/c1-3-5-7-9-11-13-15-17-18-19-20-21-22-23-24-26-28-30-32-34-36-38-46(59)55-42(43(58)37-35-33-31-29-27-25-16-14-12-10-8-6-4-2)41-65-53-51(64)49(62)52(45(40-57)67-53)68-54-50(63)48(61)47(60)44(39-56)66-54/h35,37,42-45,47-54,56-58,60-64H,3-34,36,38-41H2,1-2H3,(H,55,59). The average molecular weight is 974 g/mol. The Hall–Kier alpha value is -1.27. The van der Waals surface area contributed by atoms with E-state index in [1.807, 2.05) is 6.08 Å². The molecule has 402 valence electrons. The highest BCUT2D eigenvalue weighted by molar-refractivity contribution is 5.76. The maximum Gasteiger partial charge on any atom is 0.220 e. The summed E-state index contributed by atoms with van der Waals surface area (Å²) in [5.74, 6) is -0.236. The van der Waals surface area contributed by atoms with E-state index in [0.29, 0.717) is 6.42 Å². The first-order valence-corrected chi connectivity index (χ1v) is 27.9. The molecule has 2 rings (SSSR count). The summed E-state index contributed by atoms with van der Waals surface area (Å²) in [7, 11) is 0. The minimum absolute atomic E-state index is 0.236. The Labute approximate surface area is 412 Å². The zero-order valence-corrected chi connectivity index (χ0v) is 42.9. The third-order valence-electron chi connectivity index (χ3n) is 14.0. The highest BCUT2D eigenvalue weighted by Gasteiger charge is 2.51. The summed E-state index contributed by atoms with van der Waals surface area (Å²) in [6.07, 6.45) is 28.2. The topological polar surface area (TPSA) is 228 Å². The first-order chi connectivity index (χ1) is 33.1. The molecule has 2 aliphatic heterocycles. The highest BCUT2D eigenvalue weighted by Crippen LogP contribution is 2.30. The van der Waals surface area contributed by atoms with Crippen LogP contribution in [0.25, 0.3) is 0 Å². The van der Waals surface area contributed by atoms with Crippen LogP contribution in [-0.4, -0.2) is 140 Å². The van der Waals surface area contributed by atoms with Crippen LogP contribution in [0.2, 0.25) is 0 Å². The zero-order valence-electron chi connectivity index (χ0n) is 42.9. The van der Waals surface area contributed by atoms with Crippen LogP contribution in [0, 0.1) is 0 Å². The van der Waals surface area contributed by atoms with Crippen molar-refractivity contribution in [1.82, 2.24) is 5.32 Å². The molecule has 2 heterocycles. The van der Waals surface area contributed by atoms with Crippen molar-refractivity contribution in [2.75, 3.05) is 19.8 Å². The average Bonchev–Trinajstić information content (AvgIpc) is 3.34. The number of aliphatic hydroxyl groups is 8. The van der Waals surface area contributed by atoms with Crippen LogP contribution in [-0.2, 0) is 23.7 Å². The summed E-state index contributed by atoms with van der Waals surface area (Å²) in [4.78, 5) is 13.2. The van der Waals surface area contributed by atoms with E-state index in [0.717, 1.165) is 38.5 Å². The van der Waals surface area contributed by atoms with E-state index < -0.39 is 86.8 Å². The second-order valence-electron chi connectivity index (χ2n) is 20.1.